The number of rotatable bonds is 2. The van der Waals surface area contributed by atoms with E-state index in [2.05, 4.69) is 0 Å². The number of benzene rings is 2. The van der Waals surface area contributed by atoms with Crippen molar-refractivity contribution >= 4 is 5.91 Å². The summed E-state index contributed by atoms with van der Waals surface area (Å²) in [5.41, 5.74) is 1.75. The molecule has 1 aliphatic rings. The van der Waals surface area contributed by atoms with Crippen LogP contribution >= 0.6 is 0 Å². The lowest BCUT2D eigenvalue weighted by atomic mass is 10.0. The van der Waals surface area contributed by atoms with Crippen molar-refractivity contribution in [2.24, 2.45) is 0 Å². The number of halogens is 1. The number of morpholine rings is 1. The molecule has 0 saturated carbocycles. The predicted molar refractivity (Wildman–Crippen MR) is 82.2 cm³/mol. The van der Waals surface area contributed by atoms with Crippen LogP contribution in [-0.2, 0) is 4.74 Å². The van der Waals surface area contributed by atoms with Gasteiger partial charge in [-0.2, -0.15) is 5.26 Å². The second-order valence-electron chi connectivity index (χ2n) is 5.33. The third kappa shape index (κ3) is 3.22. The molecule has 1 aliphatic heterocycles. The fourth-order valence-electron chi connectivity index (χ4n) is 2.70. The van der Waals surface area contributed by atoms with Crippen LogP contribution in [0, 0.1) is 17.1 Å². The van der Waals surface area contributed by atoms with Crippen LogP contribution in [0.1, 0.15) is 27.5 Å². The Labute approximate surface area is 133 Å². The molecule has 2 aromatic carbocycles. The van der Waals surface area contributed by atoms with Gasteiger partial charge in [-0.05, 0) is 35.9 Å². The van der Waals surface area contributed by atoms with Gasteiger partial charge in [-0.1, -0.05) is 18.2 Å². The molecule has 1 atom stereocenters. The zero-order valence-corrected chi connectivity index (χ0v) is 12.4. The molecule has 2 aromatic rings. The van der Waals surface area contributed by atoms with Gasteiger partial charge in [0.15, 0.2) is 0 Å². The van der Waals surface area contributed by atoms with E-state index in [0.717, 1.165) is 5.56 Å². The number of hydrogen-bond donors (Lipinski definition) is 0. The molecule has 0 spiro atoms. The molecule has 5 heteroatoms. The Hall–Kier alpha value is -2.71. The zero-order valence-electron chi connectivity index (χ0n) is 12.4. The average Bonchev–Trinajstić information content (AvgIpc) is 2.62. The Morgan fingerprint density at radius 2 is 2.04 bits per heavy atom. The van der Waals surface area contributed by atoms with Gasteiger partial charge in [0, 0.05) is 12.1 Å². The van der Waals surface area contributed by atoms with Crippen LogP contribution in [-0.4, -0.2) is 30.6 Å². The van der Waals surface area contributed by atoms with Crippen LogP contribution in [0.4, 0.5) is 4.39 Å². The third-order valence-corrected chi connectivity index (χ3v) is 3.88. The quantitative estimate of drug-likeness (QED) is 0.857. The molecule has 0 bridgehead atoms. The van der Waals surface area contributed by atoms with Crippen LogP contribution in [0.3, 0.4) is 0 Å². The molecule has 116 valence electrons. The summed E-state index contributed by atoms with van der Waals surface area (Å²) in [4.78, 5) is 14.5. The Bertz CT molecular complexity index is 752. The lowest BCUT2D eigenvalue weighted by molar-refractivity contribution is -0.00271. The summed E-state index contributed by atoms with van der Waals surface area (Å²) in [5.74, 6) is -0.468. The average molecular weight is 310 g/mol. The largest absolute Gasteiger partial charge is 0.377 e. The monoisotopic (exact) mass is 310 g/mol. The van der Waals surface area contributed by atoms with E-state index < -0.39 is 0 Å². The first-order chi connectivity index (χ1) is 11.2. The van der Waals surface area contributed by atoms with E-state index in [4.69, 9.17) is 10.00 Å². The molecule has 0 N–H and O–H groups in total. The first-order valence-electron chi connectivity index (χ1n) is 7.33. The maximum atomic E-state index is 13.1. The second kappa shape index (κ2) is 6.59. The molecule has 1 fully saturated rings. The summed E-state index contributed by atoms with van der Waals surface area (Å²) in [7, 11) is 0. The number of ether oxygens (including phenoxy) is 1. The third-order valence-electron chi connectivity index (χ3n) is 3.88. The number of hydrogen-bond acceptors (Lipinski definition) is 3. The highest BCUT2D eigenvalue weighted by Gasteiger charge is 2.29. The normalized spacial score (nSPS) is 17.6. The number of amides is 1. The van der Waals surface area contributed by atoms with Crippen molar-refractivity contribution in [1.29, 1.82) is 5.26 Å². The Balaban J connectivity index is 1.90. The molecule has 1 saturated heterocycles. The summed E-state index contributed by atoms with van der Waals surface area (Å²) >= 11 is 0. The van der Waals surface area contributed by atoms with Crippen LogP contribution < -0.4 is 0 Å². The number of carbonyl (C=O) groups is 1. The summed E-state index contributed by atoms with van der Waals surface area (Å²) in [5, 5.41) is 8.98. The van der Waals surface area contributed by atoms with Crippen molar-refractivity contribution in [3.8, 4) is 6.07 Å². The lowest BCUT2D eigenvalue weighted by Crippen LogP contribution is -2.43. The fraction of sp³-hybridized carbons (Fsp3) is 0.222. The van der Waals surface area contributed by atoms with Gasteiger partial charge in [-0.15, -0.1) is 0 Å². The van der Waals surface area contributed by atoms with Crippen LogP contribution in [0.2, 0.25) is 0 Å². The fourth-order valence-corrected chi connectivity index (χ4v) is 2.70. The van der Waals surface area contributed by atoms with E-state index >= 15 is 0 Å². The van der Waals surface area contributed by atoms with Gasteiger partial charge in [0.25, 0.3) is 5.91 Å². The minimum atomic E-state index is -0.315. The molecule has 4 nitrogen and oxygen atoms in total. The molecule has 1 amide bonds. The van der Waals surface area contributed by atoms with Crippen molar-refractivity contribution in [1.82, 2.24) is 4.90 Å². The van der Waals surface area contributed by atoms with Crippen molar-refractivity contribution in [2.45, 2.75) is 6.04 Å². The van der Waals surface area contributed by atoms with Crippen LogP contribution in [0.25, 0.3) is 0 Å². The summed E-state index contributed by atoms with van der Waals surface area (Å²) in [6.45, 7) is 1.29. The van der Waals surface area contributed by atoms with E-state index in [-0.39, 0.29) is 17.8 Å². The highest BCUT2D eigenvalue weighted by atomic mass is 19.1. The van der Waals surface area contributed by atoms with Gasteiger partial charge in [-0.25, -0.2) is 4.39 Å². The van der Waals surface area contributed by atoms with Crippen molar-refractivity contribution in [3.05, 3.63) is 71.0 Å². The summed E-state index contributed by atoms with van der Waals surface area (Å²) in [6.07, 6.45) is 0. The van der Waals surface area contributed by atoms with Gasteiger partial charge in [-0.3, -0.25) is 4.79 Å². The molecule has 23 heavy (non-hydrogen) atoms. The van der Waals surface area contributed by atoms with Gasteiger partial charge in [0.05, 0.1) is 30.9 Å². The van der Waals surface area contributed by atoms with Gasteiger partial charge in [0.2, 0.25) is 0 Å². The molecule has 3 rings (SSSR count). The molecule has 1 unspecified atom stereocenters. The minimum Gasteiger partial charge on any atom is -0.377 e. The Morgan fingerprint density at radius 3 is 2.78 bits per heavy atom. The van der Waals surface area contributed by atoms with E-state index in [1.165, 1.54) is 12.1 Å². The van der Waals surface area contributed by atoms with E-state index in [9.17, 15) is 9.18 Å². The Morgan fingerprint density at radius 1 is 1.26 bits per heavy atom. The summed E-state index contributed by atoms with van der Waals surface area (Å²) in [6, 6.07) is 14.5. The first-order valence-corrected chi connectivity index (χ1v) is 7.33. The minimum absolute atomic E-state index is 0.153. The van der Waals surface area contributed by atoms with E-state index in [1.807, 2.05) is 6.07 Å². The highest BCUT2D eigenvalue weighted by Crippen LogP contribution is 2.26. The maximum Gasteiger partial charge on any atom is 0.254 e. The molecule has 0 aromatic heterocycles. The second-order valence-corrected chi connectivity index (χ2v) is 5.33. The standard InChI is InChI=1S/C18H15FN2O2/c19-16-6-4-14(5-7-16)17-12-23-9-8-21(17)18(22)15-3-1-2-13(10-15)11-20/h1-7,10,17H,8-9,12H2. The predicted octanol–water partition coefficient (Wildman–Crippen LogP) is 2.91. The molecule has 0 radical (unpaired) electrons. The molecular weight excluding hydrogens is 295 g/mol. The van der Waals surface area contributed by atoms with Gasteiger partial charge in [0.1, 0.15) is 5.82 Å². The zero-order chi connectivity index (χ0) is 16.2. The number of carbonyl (C=O) groups excluding carboxylic acids is 1. The topological polar surface area (TPSA) is 53.3 Å². The number of nitrogens with zero attached hydrogens (tertiary/aromatic N) is 2. The van der Waals surface area contributed by atoms with Gasteiger partial charge < -0.3 is 9.64 Å². The maximum absolute atomic E-state index is 13.1. The van der Waals surface area contributed by atoms with Gasteiger partial charge >= 0.3 is 0 Å². The van der Waals surface area contributed by atoms with E-state index in [1.54, 1.807) is 41.3 Å². The Kier molecular flexibility index (Phi) is 4.35. The first kappa shape index (κ1) is 15.2. The molecule has 0 aliphatic carbocycles. The molecular formula is C18H15FN2O2. The molecule has 1 heterocycles. The highest BCUT2D eigenvalue weighted by molar-refractivity contribution is 5.95. The summed E-state index contributed by atoms with van der Waals surface area (Å²) < 4.78 is 18.6. The SMILES string of the molecule is N#Cc1cccc(C(=O)N2CCOCC2c2ccc(F)cc2)c1. The smallest absolute Gasteiger partial charge is 0.254 e. The van der Waals surface area contributed by atoms with Crippen LogP contribution in [0.15, 0.2) is 48.5 Å². The number of nitriles is 1. The van der Waals surface area contributed by atoms with Crippen molar-refractivity contribution < 1.29 is 13.9 Å². The lowest BCUT2D eigenvalue weighted by Gasteiger charge is -2.36. The van der Waals surface area contributed by atoms with Crippen molar-refractivity contribution in [3.63, 3.8) is 0 Å². The van der Waals surface area contributed by atoms with Crippen molar-refractivity contribution in [2.75, 3.05) is 19.8 Å². The van der Waals surface area contributed by atoms with Crippen LogP contribution in [0.5, 0.6) is 0 Å². The van der Waals surface area contributed by atoms with E-state index in [0.29, 0.717) is 30.9 Å².